The van der Waals surface area contributed by atoms with Crippen molar-refractivity contribution in [3.05, 3.63) is 47.0 Å². The quantitative estimate of drug-likeness (QED) is 0.602. The van der Waals surface area contributed by atoms with Gasteiger partial charge >= 0.3 is 0 Å². The molecule has 1 amide bonds. The Labute approximate surface area is 174 Å². The molecule has 0 saturated heterocycles. The molecule has 2 aromatic carbocycles. The van der Waals surface area contributed by atoms with E-state index < -0.39 is 0 Å². The van der Waals surface area contributed by atoms with Gasteiger partial charge in [0.05, 0.1) is 21.3 Å². The number of carbonyl (C=O) groups is 1. The molecule has 0 atom stereocenters. The molecule has 0 aliphatic rings. The van der Waals surface area contributed by atoms with Gasteiger partial charge < -0.3 is 19.5 Å². The summed E-state index contributed by atoms with van der Waals surface area (Å²) in [5.41, 5.74) is 4.17. The highest BCUT2D eigenvalue weighted by atomic mass is 16.5. The zero-order chi connectivity index (χ0) is 21.6. The van der Waals surface area contributed by atoms with E-state index >= 15 is 0 Å². The van der Waals surface area contributed by atoms with Crippen LogP contribution >= 0.6 is 0 Å². The first-order valence-electron chi connectivity index (χ1n) is 10.0. The van der Waals surface area contributed by atoms with Crippen molar-refractivity contribution in [3.63, 3.8) is 0 Å². The highest BCUT2D eigenvalue weighted by Gasteiger charge is 2.18. The van der Waals surface area contributed by atoms with Gasteiger partial charge in [0, 0.05) is 12.1 Å². The summed E-state index contributed by atoms with van der Waals surface area (Å²) in [5, 5.41) is 3.17. The number of anilines is 1. The van der Waals surface area contributed by atoms with Crippen molar-refractivity contribution in [2.75, 3.05) is 26.6 Å². The molecule has 1 N–H and O–H groups in total. The van der Waals surface area contributed by atoms with Crippen LogP contribution in [0.3, 0.4) is 0 Å². The zero-order valence-corrected chi connectivity index (χ0v) is 18.6. The topological polar surface area (TPSA) is 56.8 Å². The molecule has 29 heavy (non-hydrogen) atoms. The van der Waals surface area contributed by atoms with Gasteiger partial charge in [-0.15, -0.1) is 0 Å². The van der Waals surface area contributed by atoms with Crippen LogP contribution in [0.25, 0.3) is 0 Å². The second kappa shape index (κ2) is 10.2. The molecule has 0 radical (unpaired) electrons. The van der Waals surface area contributed by atoms with Gasteiger partial charge in [-0.3, -0.25) is 4.79 Å². The highest BCUT2D eigenvalue weighted by molar-refractivity contribution is 5.93. The molecule has 2 aromatic rings. The third kappa shape index (κ3) is 5.22. The van der Waals surface area contributed by atoms with Gasteiger partial charge in [0.15, 0.2) is 11.5 Å². The zero-order valence-electron chi connectivity index (χ0n) is 18.6. The smallest absolute Gasteiger partial charge is 0.224 e. The van der Waals surface area contributed by atoms with Crippen molar-refractivity contribution < 1.29 is 19.0 Å². The van der Waals surface area contributed by atoms with Crippen LogP contribution in [0, 0.1) is 0 Å². The summed E-state index contributed by atoms with van der Waals surface area (Å²) in [6.45, 7) is 8.57. The predicted octanol–water partition coefficient (Wildman–Crippen LogP) is 5.53. The summed E-state index contributed by atoms with van der Waals surface area (Å²) in [7, 11) is 4.75. The van der Waals surface area contributed by atoms with E-state index in [2.05, 4.69) is 51.2 Å². The van der Waals surface area contributed by atoms with Crippen molar-refractivity contribution in [2.45, 2.75) is 52.4 Å². The van der Waals surface area contributed by atoms with Gasteiger partial charge in [0.25, 0.3) is 0 Å². The Morgan fingerprint density at radius 1 is 0.862 bits per heavy atom. The molecule has 2 rings (SSSR count). The number of para-hydroxylation sites is 1. The minimum absolute atomic E-state index is 0.0168. The molecule has 5 nitrogen and oxygen atoms in total. The van der Waals surface area contributed by atoms with E-state index in [1.165, 1.54) is 0 Å². The minimum atomic E-state index is -0.0168. The van der Waals surface area contributed by atoms with E-state index in [1.54, 1.807) is 21.3 Å². The van der Waals surface area contributed by atoms with Crippen LogP contribution < -0.4 is 19.5 Å². The van der Waals surface area contributed by atoms with Crippen LogP contribution in [0.2, 0.25) is 0 Å². The highest BCUT2D eigenvalue weighted by Crippen LogP contribution is 2.40. The number of carbonyl (C=O) groups excluding carboxylic acids is 1. The van der Waals surface area contributed by atoms with E-state index in [0.29, 0.717) is 41.9 Å². The molecule has 0 aliphatic carbocycles. The largest absolute Gasteiger partial charge is 0.493 e. The number of ether oxygens (including phenoxy) is 3. The summed E-state index contributed by atoms with van der Waals surface area (Å²) in [5.74, 6) is 2.39. The lowest BCUT2D eigenvalue weighted by atomic mass is 9.92. The average molecular weight is 400 g/mol. The number of methoxy groups -OCH3 is 3. The summed E-state index contributed by atoms with van der Waals surface area (Å²) in [6, 6.07) is 9.98. The van der Waals surface area contributed by atoms with Gasteiger partial charge in [0.1, 0.15) is 0 Å². The summed E-state index contributed by atoms with van der Waals surface area (Å²) < 4.78 is 16.3. The average Bonchev–Trinajstić information content (AvgIpc) is 2.70. The van der Waals surface area contributed by atoms with Gasteiger partial charge in [-0.25, -0.2) is 0 Å². The van der Waals surface area contributed by atoms with Crippen molar-refractivity contribution in [2.24, 2.45) is 0 Å². The Bertz CT molecular complexity index is 817. The van der Waals surface area contributed by atoms with Crippen LogP contribution in [0.15, 0.2) is 30.3 Å². The molecule has 0 unspecified atom stereocenters. The molecule has 0 heterocycles. The first kappa shape index (κ1) is 22.6. The lowest BCUT2D eigenvalue weighted by molar-refractivity contribution is -0.116. The summed E-state index contributed by atoms with van der Waals surface area (Å²) in [6.07, 6.45) is 0.881. The Hall–Kier alpha value is -2.69. The number of amides is 1. The maximum Gasteiger partial charge on any atom is 0.224 e. The molecular weight excluding hydrogens is 366 g/mol. The number of nitrogens with one attached hydrogen (secondary N) is 1. The summed E-state index contributed by atoms with van der Waals surface area (Å²) >= 11 is 0. The number of rotatable bonds is 9. The molecule has 0 aliphatic heterocycles. The van der Waals surface area contributed by atoms with Crippen LogP contribution in [0.5, 0.6) is 17.2 Å². The van der Waals surface area contributed by atoms with Gasteiger partial charge in [0.2, 0.25) is 11.7 Å². The minimum Gasteiger partial charge on any atom is -0.493 e. The van der Waals surface area contributed by atoms with Crippen molar-refractivity contribution in [1.82, 2.24) is 0 Å². The Morgan fingerprint density at radius 3 is 1.93 bits per heavy atom. The number of hydrogen-bond donors (Lipinski definition) is 1. The van der Waals surface area contributed by atoms with Crippen LogP contribution in [-0.4, -0.2) is 27.2 Å². The normalized spacial score (nSPS) is 10.9. The standard InChI is InChI=1S/C24H33NO4/c1-15(2)18-9-8-10-19(16(3)4)22(18)25-21(26)14-12-17-11-13-20(27-5)24(29-7)23(17)28-6/h8-11,13,15-16H,12,14H2,1-7H3,(H,25,26). The first-order chi connectivity index (χ1) is 13.8. The maximum atomic E-state index is 12.8. The molecule has 0 saturated carbocycles. The van der Waals surface area contributed by atoms with E-state index in [9.17, 15) is 4.79 Å². The van der Waals surface area contributed by atoms with Crippen LogP contribution in [-0.2, 0) is 11.2 Å². The third-order valence-electron chi connectivity index (χ3n) is 5.04. The predicted molar refractivity (Wildman–Crippen MR) is 118 cm³/mol. The second-order valence-electron chi connectivity index (χ2n) is 7.66. The van der Waals surface area contributed by atoms with E-state index in [4.69, 9.17) is 14.2 Å². The lowest BCUT2D eigenvalue weighted by Crippen LogP contribution is -2.16. The number of hydrogen-bond acceptors (Lipinski definition) is 4. The Balaban J connectivity index is 2.22. The SMILES string of the molecule is COc1ccc(CCC(=O)Nc2c(C(C)C)cccc2C(C)C)c(OC)c1OC. The van der Waals surface area contributed by atoms with Crippen LogP contribution in [0.4, 0.5) is 5.69 Å². The van der Waals surface area contributed by atoms with Crippen LogP contribution in [0.1, 0.15) is 62.6 Å². The maximum absolute atomic E-state index is 12.8. The molecule has 158 valence electrons. The molecule has 0 bridgehead atoms. The lowest BCUT2D eigenvalue weighted by Gasteiger charge is -2.20. The fourth-order valence-electron chi connectivity index (χ4n) is 3.51. The molecule has 0 spiro atoms. The van der Waals surface area contributed by atoms with E-state index in [-0.39, 0.29) is 5.91 Å². The fourth-order valence-corrected chi connectivity index (χ4v) is 3.51. The van der Waals surface area contributed by atoms with E-state index in [1.807, 2.05) is 12.1 Å². The summed E-state index contributed by atoms with van der Waals surface area (Å²) in [4.78, 5) is 12.8. The molecule has 0 fully saturated rings. The Morgan fingerprint density at radius 2 is 1.45 bits per heavy atom. The molecule has 0 aromatic heterocycles. The fraction of sp³-hybridized carbons (Fsp3) is 0.458. The monoisotopic (exact) mass is 399 g/mol. The second-order valence-corrected chi connectivity index (χ2v) is 7.66. The number of aryl methyl sites for hydroxylation is 1. The van der Waals surface area contributed by atoms with Crippen molar-refractivity contribution in [1.29, 1.82) is 0 Å². The van der Waals surface area contributed by atoms with Gasteiger partial charge in [-0.05, 0) is 41.0 Å². The van der Waals surface area contributed by atoms with Gasteiger partial charge in [-0.1, -0.05) is 52.0 Å². The first-order valence-corrected chi connectivity index (χ1v) is 10.0. The Kier molecular flexibility index (Phi) is 7.94. The van der Waals surface area contributed by atoms with E-state index in [0.717, 1.165) is 22.4 Å². The third-order valence-corrected chi connectivity index (χ3v) is 5.04. The van der Waals surface area contributed by atoms with Crippen molar-refractivity contribution in [3.8, 4) is 17.2 Å². The molecule has 5 heteroatoms. The number of benzene rings is 2. The molecular formula is C24H33NO4. The van der Waals surface area contributed by atoms with Crippen molar-refractivity contribution >= 4 is 11.6 Å². The van der Waals surface area contributed by atoms with Gasteiger partial charge in [-0.2, -0.15) is 0 Å².